The largest absolute Gasteiger partial charge is 0.483 e. The molecule has 160 valence electrons. The van der Waals surface area contributed by atoms with Gasteiger partial charge in [0.25, 0.3) is 5.91 Å². The predicted molar refractivity (Wildman–Crippen MR) is 103 cm³/mol. The van der Waals surface area contributed by atoms with E-state index >= 15 is 0 Å². The lowest BCUT2D eigenvalue weighted by molar-refractivity contribution is 0.0602. The Kier molecular flexibility index (Phi) is 6.54. The fourth-order valence-electron chi connectivity index (χ4n) is 2.66. The first kappa shape index (κ1) is 21.8. The molecule has 1 amide bonds. The second-order valence-electron chi connectivity index (χ2n) is 6.27. The van der Waals surface area contributed by atoms with Gasteiger partial charge < -0.3 is 14.8 Å². The quantitative estimate of drug-likeness (QED) is 0.343. The molecule has 0 saturated carbocycles. The van der Waals surface area contributed by atoms with Crippen molar-refractivity contribution in [2.75, 3.05) is 12.4 Å². The molecule has 0 atom stereocenters. The van der Waals surface area contributed by atoms with E-state index in [-0.39, 0.29) is 22.9 Å². The number of para-hydroxylation sites is 1. The van der Waals surface area contributed by atoms with Crippen LogP contribution in [0.4, 0.5) is 23.2 Å². The van der Waals surface area contributed by atoms with Crippen LogP contribution in [0.15, 0.2) is 54.6 Å². The van der Waals surface area contributed by atoms with Crippen LogP contribution in [0.3, 0.4) is 0 Å². The number of hydrogen-bond acceptors (Lipinski definition) is 4. The highest BCUT2D eigenvalue weighted by Gasteiger charge is 2.20. The van der Waals surface area contributed by atoms with Crippen LogP contribution >= 0.6 is 0 Å². The summed E-state index contributed by atoms with van der Waals surface area (Å²) in [5.74, 6) is -8.73. The molecule has 5 nitrogen and oxygen atoms in total. The number of ether oxygens (including phenoxy) is 2. The zero-order valence-electron chi connectivity index (χ0n) is 16.0. The number of carbonyl (C=O) groups excluding carboxylic acids is 2. The van der Waals surface area contributed by atoms with Gasteiger partial charge in [-0.25, -0.2) is 13.6 Å². The summed E-state index contributed by atoms with van der Waals surface area (Å²) in [4.78, 5) is 24.2. The molecule has 0 aromatic heterocycles. The van der Waals surface area contributed by atoms with Gasteiger partial charge in [-0.3, -0.25) is 4.79 Å². The summed E-state index contributed by atoms with van der Waals surface area (Å²) in [6.45, 7) is -0.399. The minimum absolute atomic E-state index is 0.0866. The lowest BCUT2D eigenvalue weighted by Crippen LogP contribution is -2.15. The van der Waals surface area contributed by atoms with Crippen LogP contribution in [0.1, 0.15) is 26.3 Å². The number of carbonyl (C=O) groups is 2. The molecule has 3 rings (SSSR count). The van der Waals surface area contributed by atoms with E-state index in [1.54, 1.807) is 12.1 Å². The summed E-state index contributed by atoms with van der Waals surface area (Å²) in [6, 6.07) is 12.1. The van der Waals surface area contributed by atoms with Gasteiger partial charge in [-0.05, 0) is 29.8 Å². The number of methoxy groups -OCH3 is 1. The van der Waals surface area contributed by atoms with Gasteiger partial charge in [-0.1, -0.05) is 24.3 Å². The summed E-state index contributed by atoms with van der Waals surface area (Å²) in [7, 11) is 1.22. The number of benzene rings is 3. The average molecular weight is 433 g/mol. The molecule has 0 aliphatic carbocycles. The van der Waals surface area contributed by atoms with Gasteiger partial charge in [-0.2, -0.15) is 8.78 Å². The third kappa shape index (κ3) is 4.82. The second-order valence-corrected chi connectivity index (χ2v) is 6.27. The fourth-order valence-corrected chi connectivity index (χ4v) is 2.66. The SMILES string of the molecule is COC(=O)c1ccccc1NC(=O)c1ccc(COc2c(F)c(F)cc(F)c2F)cc1. The maximum atomic E-state index is 13.6. The van der Waals surface area contributed by atoms with Gasteiger partial charge >= 0.3 is 5.97 Å². The Morgan fingerprint density at radius 3 is 2.13 bits per heavy atom. The number of esters is 1. The smallest absolute Gasteiger partial charge is 0.339 e. The molecule has 3 aromatic rings. The molecule has 0 saturated heterocycles. The minimum atomic E-state index is -1.64. The summed E-state index contributed by atoms with van der Waals surface area (Å²) >= 11 is 0. The maximum Gasteiger partial charge on any atom is 0.339 e. The lowest BCUT2D eigenvalue weighted by Gasteiger charge is -2.11. The highest BCUT2D eigenvalue weighted by Crippen LogP contribution is 2.27. The molecule has 0 unspecified atom stereocenters. The van der Waals surface area contributed by atoms with Crippen LogP contribution in [-0.2, 0) is 11.3 Å². The van der Waals surface area contributed by atoms with Gasteiger partial charge in [0.05, 0.1) is 18.4 Å². The van der Waals surface area contributed by atoms with Crippen LogP contribution in [0.2, 0.25) is 0 Å². The maximum absolute atomic E-state index is 13.6. The zero-order valence-corrected chi connectivity index (χ0v) is 16.0. The molecule has 0 radical (unpaired) electrons. The molecule has 0 aliphatic rings. The Morgan fingerprint density at radius 1 is 0.903 bits per heavy atom. The Labute approximate surface area is 174 Å². The number of nitrogens with one attached hydrogen (secondary N) is 1. The Bertz CT molecular complexity index is 1110. The second kappa shape index (κ2) is 9.29. The third-order valence-electron chi connectivity index (χ3n) is 4.25. The van der Waals surface area contributed by atoms with Gasteiger partial charge in [0.15, 0.2) is 17.4 Å². The highest BCUT2D eigenvalue weighted by molar-refractivity contribution is 6.08. The van der Waals surface area contributed by atoms with Crippen LogP contribution in [0, 0.1) is 23.3 Å². The molecule has 9 heteroatoms. The van der Waals surface area contributed by atoms with Crippen molar-refractivity contribution in [3.63, 3.8) is 0 Å². The minimum Gasteiger partial charge on any atom is -0.483 e. The van der Waals surface area contributed by atoms with E-state index in [0.717, 1.165) is 0 Å². The van der Waals surface area contributed by atoms with Crippen LogP contribution in [-0.4, -0.2) is 19.0 Å². The number of amides is 1. The predicted octanol–water partition coefficient (Wildman–Crippen LogP) is 4.86. The number of anilines is 1. The van der Waals surface area contributed by atoms with Gasteiger partial charge in [0.2, 0.25) is 11.6 Å². The third-order valence-corrected chi connectivity index (χ3v) is 4.25. The number of rotatable bonds is 6. The van der Waals surface area contributed by atoms with Crippen LogP contribution < -0.4 is 10.1 Å². The molecule has 31 heavy (non-hydrogen) atoms. The van der Waals surface area contributed by atoms with E-state index < -0.39 is 47.5 Å². The summed E-state index contributed by atoms with van der Waals surface area (Å²) in [6.07, 6.45) is 0. The molecule has 0 aliphatic heterocycles. The Morgan fingerprint density at radius 2 is 1.52 bits per heavy atom. The topological polar surface area (TPSA) is 64.6 Å². The van der Waals surface area contributed by atoms with Crippen LogP contribution in [0.25, 0.3) is 0 Å². The molecular formula is C22H15F4NO4. The molecule has 1 N–H and O–H groups in total. The van der Waals surface area contributed by atoms with E-state index in [1.165, 1.54) is 43.5 Å². The van der Waals surface area contributed by atoms with E-state index in [2.05, 4.69) is 10.1 Å². The average Bonchev–Trinajstić information content (AvgIpc) is 2.78. The van der Waals surface area contributed by atoms with Crippen molar-refractivity contribution < 1.29 is 36.6 Å². The number of hydrogen-bond donors (Lipinski definition) is 1. The van der Waals surface area contributed by atoms with Crippen molar-refractivity contribution in [2.24, 2.45) is 0 Å². The van der Waals surface area contributed by atoms with E-state index in [0.29, 0.717) is 5.56 Å². The van der Waals surface area contributed by atoms with Gasteiger partial charge in [-0.15, -0.1) is 0 Å². The summed E-state index contributed by atoms with van der Waals surface area (Å²) < 4.78 is 63.3. The molecule has 0 heterocycles. The standard InChI is InChI=1S/C22H15F4NO4/c1-30-22(29)14-4-2-3-5-17(14)27-21(28)13-8-6-12(7-9-13)11-31-20-18(25)15(23)10-16(24)19(20)26/h2-10H,11H2,1H3,(H,27,28). The van der Waals surface area contributed by atoms with Crippen molar-refractivity contribution in [1.29, 1.82) is 0 Å². The van der Waals surface area contributed by atoms with Gasteiger partial charge in [0.1, 0.15) is 6.61 Å². The molecule has 0 spiro atoms. The van der Waals surface area contributed by atoms with Crippen molar-refractivity contribution >= 4 is 17.6 Å². The summed E-state index contributed by atoms with van der Waals surface area (Å²) in [5, 5.41) is 2.59. The van der Waals surface area contributed by atoms with Crippen molar-refractivity contribution in [3.05, 3.63) is 94.6 Å². The number of halogens is 4. The van der Waals surface area contributed by atoms with E-state index in [1.807, 2.05) is 0 Å². The summed E-state index contributed by atoms with van der Waals surface area (Å²) in [5.41, 5.74) is 1.04. The van der Waals surface area contributed by atoms with Crippen molar-refractivity contribution in [3.8, 4) is 5.75 Å². The monoisotopic (exact) mass is 433 g/mol. The van der Waals surface area contributed by atoms with Crippen LogP contribution in [0.5, 0.6) is 5.75 Å². The van der Waals surface area contributed by atoms with Crippen molar-refractivity contribution in [2.45, 2.75) is 6.61 Å². The van der Waals surface area contributed by atoms with Crippen molar-refractivity contribution in [1.82, 2.24) is 0 Å². The Hall–Kier alpha value is -3.88. The first-order chi connectivity index (χ1) is 14.8. The molecule has 0 bridgehead atoms. The molecule has 0 fully saturated rings. The Balaban J connectivity index is 1.70. The van der Waals surface area contributed by atoms with E-state index in [9.17, 15) is 27.2 Å². The highest BCUT2D eigenvalue weighted by atomic mass is 19.2. The molecule has 3 aromatic carbocycles. The molecular weight excluding hydrogens is 418 g/mol. The normalized spacial score (nSPS) is 10.5. The fraction of sp³-hybridized carbons (Fsp3) is 0.0909. The first-order valence-electron chi connectivity index (χ1n) is 8.85. The lowest BCUT2D eigenvalue weighted by atomic mass is 10.1. The van der Waals surface area contributed by atoms with Gasteiger partial charge in [0, 0.05) is 11.6 Å². The first-order valence-corrected chi connectivity index (χ1v) is 8.85. The van der Waals surface area contributed by atoms with E-state index in [4.69, 9.17) is 4.74 Å². The zero-order chi connectivity index (χ0) is 22.5.